The Hall–Kier alpha value is -3.11. The molecule has 0 fully saturated rings. The second kappa shape index (κ2) is 7.25. The molecule has 0 aromatic heterocycles. The zero-order valence-corrected chi connectivity index (χ0v) is 15.0. The minimum absolute atomic E-state index is 0.143. The first kappa shape index (κ1) is 18.7. The highest BCUT2D eigenvalue weighted by Crippen LogP contribution is 2.30. The summed E-state index contributed by atoms with van der Waals surface area (Å²) in [6.45, 7) is 2.31. The molecule has 2 aromatic rings. The number of ether oxygens (including phenoxy) is 2. The van der Waals surface area contributed by atoms with Crippen LogP contribution in [0.1, 0.15) is 26.3 Å². The van der Waals surface area contributed by atoms with E-state index in [1.165, 1.54) is 24.3 Å². The molecule has 0 spiro atoms. The van der Waals surface area contributed by atoms with Crippen molar-refractivity contribution in [2.24, 2.45) is 0 Å². The van der Waals surface area contributed by atoms with Crippen LogP contribution in [0.5, 0.6) is 11.5 Å². The van der Waals surface area contributed by atoms with E-state index in [-0.39, 0.29) is 16.0 Å². The van der Waals surface area contributed by atoms with Crippen LogP contribution in [0.2, 0.25) is 0 Å². The number of aryl methyl sites for hydroxylation is 1. The van der Waals surface area contributed by atoms with Crippen molar-refractivity contribution in [3.8, 4) is 11.5 Å². The van der Waals surface area contributed by atoms with Crippen LogP contribution in [-0.4, -0.2) is 38.6 Å². The quantitative estimate of drug-likeness (QED) is 0.649. The first-order valence-electron chi connectivity index (χ1n) is 7.84. The van der Waals surface area contributed by atoms with Crippen LogP contribution in [0.4, 0.5) is 0 Å². The van der Waals surface area contributed by atoms with Gasteiger partial charge in [0.25, 0.3) is 15.9 Å². The molecule has 27 heavy (non-hydrogen) atoms. The minimum atomic E-state index is -4.15. The maximum absolute atomic E-state index is 12.3. The first-order valence-corrected chi connectivity index (χ1v) is 9.32. The van der Waals surface area contributed by atoms with Crippen molar-refractivity contribution in [1.82, 2.24) is 10.3 Å². The zero-order chi connectivity index (χ0) is 19.6. The average Bonchev–Trinajstić information content (AvgIpc) is 2.65. The van der Waals surface area contributed by atoms with Gasteiger partial charge in [0.05, 0.1) is 10.5 Å². The van der Waals surface area contributed by atoms with Gasteiger partial charge in [0, 0.05) is 5.56 Å². The van der Waals surface area contributed by atoms with Crippen LogP contribution in [0.15, 0.2) is 41.3 Å². The smallest absolute Gasteiger partial charge is 0.335 e. The summed E-state index contributed by atoms with van der Waals surface area (Å²) in [6, 6.07) is 8.10. The number of carboxylic acids is 1. The third kappa shape index (κ3) is 4.01. The van der Waals surface area contributed by atoms with Gasteiger partial charge in [-0.3, -0.25) is 10.2 Å². The van der Waals surface area contributed by atoms with Crippen LogP contribution in [-0.2, 0) is 10.0 Å². The fourth-order valence-corrected chi connectivity index (χ4v) is 3.29. The van der Waals surface area contributed by atoms with Crippen LogP contribution >= 0.6 is 0 Å². The fraction of sp³-hybridized carbons (Fsp3) is 0.176. The molecule has 0 atom stereocenters. The number of amides is 1. The normalized spacial score (nSPS) is 13.1. The molecule has 3 rings (SSSR count). The van der Waals surface area contributed by atoms with Gasteiger partial charge in [0.15, 0.2) is 11.5 Å². The van der Waals surface area contributed by atoms with Gasteiger partial charge in [0.2, 0.25) is 0 Å². The number of nitrogens with one attached hydrogen (secondary N) is 2. The highest BCUT2D eigenvalue weighted by Gasteiger charge is 2.20. The lowest BCUT2D eigenvalue weighted by atomic mass is 10.1. The molecule has 0 bridgehead atoms. The Morgan fingerprint density at radius 2 is 1.74 bits per heavy atom. The van der Waals surface area contributed by atoms with Crippen molar-refractivity contribution in [3.05, 3.63) is 53.1 Å². The van der Waals surface area contributed by atoms with E-state index in [0.717, 1.165) is 6.07 Å². The summed E-state index contributed by atoms with van der Waals surface area (Å²) >= 11 is 0. The van der Waals surface area contributed by atoms with E-state index in [2.05, 4.69) is 5.43 Å². The van der Waals surface area contributed by atoms with Gasteiger partial charge in [-0.25, -0.2) is 13.2 Å². The third-order valence-corrected chi connectivity index (χ3v) is 5.10. The number of fused-ring (bicyclic) bond motifs is 1. The molecule has 142 valence electrons. The second-order valence-corrected chi connectivity index (χ2v) is 7.38. The number of rotatable bonds is 5. The summed E-state index contributed by atoms with van der Waals surface area (Å²) < 4.78 is 35.4. The van der Waals surface area contributed by atoms with Gasteiger partial charge < -0.3 is 14.6 Å². The van der Waals surface area contributed by atoms with Gasteiger partial charge >= 0.3 is 5.97 Å². The molecule has 0 aliphatic carbocycles. The van der Waals surface area contributed by atoms with Crippen LogP contribution in [0, 0.1) is 6.92 Å². The highest BCUT2D eigenvalue weighted by molar-refractivity contribution is 7.89. The minimum Gasteiger partial charge on any atom is -0.486 e. The Kier molecular flexibility index (Phi) is 5.02. The fourth-order valence-electron chi connectivity index (χ4n) is 2.43. The summed E-state index contributed by atoms with van der Waals surface area (Å²) in [7, 11) is -4.15. The molecular formula is C17H16N2O7S. The number of carbonyl (C=O) groups is 2. The molecule has 1 aliphatic heterocycles. The Morgan fingerprint density at radius 1 is 1.04 bits per heavy atom. The van der Waals surface area contributed by atoms with Crippen LogP contribution < -0.4 is 19.7 Å². The van der Waals surface area contributed by atoms with Crippen molar-refractivity contribution in [3.63, 3.8) is 0 Å². The predicted molar refractivity (Wildman–Crippen MR) is 93.4 cm³/mol. The van der Waals surface area contributed by atoms with Crippen molar-refractivity contribution in [2.75, 3.05) is 13.2 Å². The molecule has 0 radical (unpaired) electrons. The Labute approximate surface area is 154 Å². The van der Waals surface area contributed by atoms with E-state index in [1.54, 1.807) is 13.0 Å². The number of hydrogen-bond acceptors (Lipinski definition) is 6. The average molecular weight is 392 g/mol. The molecule has 0 unspecified atom stereocenters. The molecule has 1 heterocycles. The maximum Gasteiger partial charge on any atom is 0.335 e. The van der Waals surface area contributed by atoms with Crippen molar-refractivity contribution >= 4 is 21.9 Å². The van der Waals surface area contributed by atoms with E-state index in [4.69, 9.17) is 14.6 Å². The van der Waals surface area contributed by atoms with Crippen molar-refractivity contribution in [1.29, 1.82) is 0 Å². The van der Waals surface area contributed by atoms with E-state index in [0.29, 0.717) is 30.3 Å². The Balaban J connectivity index is 1.74. The van der Waals surface area contributed by atoms with Crippen LogP contribution in [0.25, 0.3) is 0 Å². The van der Waals surface area contributed by atoms with E-state index in [9.17, 15) is 18.0 Å². The van der Waals surface area contributed by atoms with Gasteiger partial charge in [-0.05, 0) is 42.8 Å². The third-order valence-electron chi connectivity index (χ3n) is 3.85. The molecular weight excluding hydrogens is 376 g/mol. The Bertz CT molecular complexity index is 1020. The number of carboxylic acid groups (broad SMARTS) is 1. The van der Waals surface area contributed by atoms with Gasteiger partial charge in [-0.2, -0.15) is 0 Å². The standard InChI is InChI=1S/C17H16N2O7S/c1-10-2-4-12(9-13(10)17(21)22)27(23,24)19-18-16(20)11-3-5-14-15(8-11)26-7-6-25-14/h2-5,8-9,19H,6-7H2,1H3,(H,18,20)(H,21,22). The van der Waals surface area contributed by atoms with Crippen LogP contribution in [0.3, 0.4) is 0 Å². The topological polar surface area (TPSA) is 131 Å². The molecule has 1 aliphatic rings. The molecule has 10 heteroatoms. The summed E-state index contributed by atoms with van der Waals surface area (Å²) in [6.07, 6.45) is 0. The van der Waals surface area contributed by atoms with E-state index in [1.807, 2.05) is 4.83 Å². The molecule has 2 aromatic carbocycles. The number of sulfonamides is 1. The lowest BCUT2D eigenvalue weighted by Gasteiger charge is -2.18. The van der Waals surface area contributed by atoms with Crippen molar-refractivity contribution < 1.29 is 32.6 Å². The highest BCUT2D eigenvalue weighted by atomic mass is 32.2. The number of benzene rings is 2. The predicted octanol–water partition coefficient (Wildman–Crippen LogP) is 1.09. The number of hydrazine groups is 1. The number of aromatic carboxylic acids is 1. The van der Waals surface area contributed by atoms with Gasteiger partial charge in [0.1, 0.15) is 13.2 Å². The summed E-state index contributed by atoms with van der Waals surface area (Å²) in [5.41, 5.74) is 2.53. The maximum atomic E-state index is 12.3. The van der Waals surface area contributed by atoms with Gasteiger partial charge in [-0.1, -0.05) is 6.07 Å². The largest absolute Gasteiger partial charge is 0.486 e. The lowest BCUT2D eigenvalue weighted by molar-refractivity contribution is 0.0695. The number of carbonyl (C=O) groups excluding carboxylic acids is 1. The molecule has 3 N–H and O–H groups in total. The summed E-state index contributed by atoms with van der Waals surface area (Å²) in [5.74, 6) is -1.06. The van der Waals surface area contributed by atoms with Gasteiger partial charge in [-0.15, -0.1) is 4.83 Å². The lowest BCUT2D eigenvalue weighted by Crippen LogP contribution is -2.41. The Morgan fingerprint density at radius 3 is 2.44 bits per heavy atom. The summed E-state index contributed by atoms with van der Waals surface area (Å²) in [4.78, 5) is 25.0. The second-order valence-electron chi connectivity index (χ2n) is 5.70. The van der Waals surface area contributed by atoms with E-state index >= 15 is 0 Å². The summed E-state index contributed by atoms with van der Waals surface area (Å²) in [5, 5.41) is 9.11. The monoisotopic (exact) mass is 392 g/mol. The van der Waals surface area contributed by atoms with E-state index < -0.39 is 21.9 Å². The SMILES string of the molecule is Cc1ccc(S(=O)(=O)NNC(=O)c2ccc3c(c2)OCCO3)cc1C(=O)O. The zero-order valence-electron chi connectivity index (χ0n) is 14.2. The molecule has 1 amide bonds. The first-order chi connectivity index (χ1) is 12.8. The van der Waals surface area contributed by atoms with Crippen molar-refractivity contribution in [2.45, 2.75) is 11.8 Å². The number of hydrogen-bond donors (Lipinski definition) is 3. The molecule has 0 saturated heterocycles. The molecule has 9 nitrogen and oxygen atoms in total. The molecule has 0 saturated carbocycles.